The van der Waals surface area contributed by atoms with Crippen LogP contribution in [0.2, 0.25) is 10.0 Å². The highest BCUT2D eigenvalue weighted by atomic mass is 35.5. The van der Waals surface area contributed by atoms with Gasteiger partial charge in [0, 0.05) is 31.7 Å². The summed E-state index contributed by atoms with van der Waals surface area (Å²) in [5.41, 5.74) is 1.14. The molecule has 0 atom stereocenters. The van der Waals surface area contributed by atoms with E-state index in [0.717, 1.165) is 5.56 Å². The summed E-state index contributed by atoms with van der Waals surface area (Å²) in [6.45, 7) is 2.52. The number of carbonyl (C=O) groups is 1. The molecule has 0 aromatic heterocycles. The lowest BCUT2D eigenvalue weighted by molar-refractivity contribution is 0.0697. The Kier molecular flexibility index (Phi) is 5.67. The third kappa shape index (κ3) is 4.06. The maximum absolute atomic E-state index is 12.8. The lowest BCUT2D eigenvalue weighted by Gasteiger charge is -2.34. The summed E-state index contributed by atoms with van der Waals surface area (Å²) in [6.07, 6.45) is 0. The van der Waals surface area contributed by atoms with Gasteiger partial charge >= 0.3 is 0 Å². The number of amides is 1. The van der Waals surface area contributed by atoms with Gasteiger partial charge in [-0.1, -0.05) is 29.3 Å². The number of phenols is 1. The average Bonchev–Trinajstić information content (AvgIpc) is 2.65. The lowest BCUT2D eigenvalue weighted by atomic mass is 10.2. The molecule has 1 fully saturated rings. The van der Waals surface area contributed by atoms with Gasteiger partial charge in [0.05, 0.1) is 10.0 Å². The number of hydrogen-bond donors (Lipinski definition) is 1. The summed E-state index contributed by atoms with van der Waals surface area (Å²) in [6, 6.07) is 9.09. The molecule has 0 bridgehead atoms. The second-order valence-electron chi connectivity index (χ2n) is 6.30. The Morgan fingerprint density at radius 3 is 2.30 bits per heavy atom. The number of sulfonamides is 1. The molecule has 6 nitrogen and oxygen atoms in total. The highest BCUT2D eigenvalue weighted by Crippen LogP contribution is 2.28. The number of rotatable bonds is 3. The molecule has 0 saturated carbocycles. The Morgan fingerprint density at radius 1 is 1.00 bits per heavy atom. The number of halogens is 2. The SMILES string of the molecule is Cc1ccc(O)c(S(=O)(=O)N2CCN(C(=O)c3ccc(Cl)c(Cl)c3)CC2)c1. The quantitative estimate of drug-likeness (QED) is 0.813. The number of benzene rings is 2. The molecule has 0 spiro atoms. The minimum atomic E-state index is -3.83. The van der Waals surface area contributed by atoms with Gasteiger partial charge in [-0.05, 0) is 42.8 Å². The van der Waals surface area contributed by atoms with Crippen molar-refractivity contribution in [3.8, 4) is 5.75 Å². The van der Waals surface area contributed by atoms with E-state index in [4.69, 9.17) is 23.2 Å². The molecule has 9 heteroatoms. The van der Waals surface area contributed by atoms with Crippen molar-refractivity contribution in [1.29, 1.82) is 0 Å². The van der Waals surface area contributed by atoms with E-state index in [0.29, 0.717) is 15.6 Å². The molecule has 1 heterocycles. The van der Waals surface area contributed by atoms with Gasteiger partial charge in [0.25, 0.3) is 5.91 Å². The highest BCUT2D eigenvalue weighted by Gasteiger charge is 2.32. The number of carbonyl (C=O) groups excluding carboxylic acids is 1. The number of piperazine rings is 1. The normalized spacial score (nSPS) is 15.7. The van der Waals surface area contributed by atoms with Gasteiger partial charge in [-0.3, -0.25) is 4.79 Å². The zero-order valence-electron chi connectivity index (χ0n) is 14.5. The summed E-state index contributed by atoms with van der Waals surface area (Å²) in [4.78, 5) is 14.1. The maximum Gasteiger partial charge on any atom is 0.253 e. The Morgan fingerprint density at radius 2 is 1.67 bits per heavy atom. The van der Waals surface area contributed by atoms with Crippen molar-refractivity contribution in [2.24, 2.45) is 0 Å². The first-order chi connectivity index (χ1) is 12.7. The average molecular weight is 429 g/mol. The lowest BCUT2D eigenvalue weighted by Crippen LogP contribution is -2.50. The Labute approximate surface area is 168 Å². The van der Waals surface area contributed by atoms with Crippen molar-refractivity contribution < 1.29 is 18.3 Å². The predicted molar refractivity (Wildman–Crippen MR) is 104 cm³/mol. The minimum absolute atomic E-state index is 0.119. The summed E-state index contributed by atoms with van der Waals surface area (Å²) in [5, 5.41) is 10.6. The van der Waals surface area contributed by atoms with Crippen LogP contribution in [0.4, 0.5) is 0 Å². The van der Waals surface area contributed by atoms with Crippen LogP contribution in [0, 0.1) is 6.92 Å². The van der Waals surface area contributed by atoms with Gasteiger partial charge < -0.3 is 10.0 Å². The first-order valence-corrected chi connectivity index (χ1v) is 10.4. The van der Waals surface area contributed by atoms with Gasteiger partial charge in [-0.25, -0.2) is 8.42 Å². The fourth-order valence-corrected chi connectivity index (χ4v) is 4.80. The van der Waals surface area contributed by atoms with Crippen LogP contribution in [0.5, 0.6) is 5.75 Å². The van der Waals surface area contributed by atoms with E-state index >= 15 is 0 Å². The van der Waals surface area contributed by atoms with E-state index < -0.39 is 10.0 Å². The van der Waals surface area contributed by atoms with Gasteiger partial charge in [0.1, 0.15) is 10.6 Å². The maximum atomic E-state index is 12.8. The van der Waals surface area contributed by atoms with E-state index in [-0.39, 0.29) is 42.7 Å². The minimum Gasteiger partial charge on any atom is -0.507 e. The molecule has 0 unspecified atom stereocenters. The molecule has 1 aliphatic heterocycles. The fourth-order valence-electron chi connectivity index (χ4n) is 2.91. The van der Waals surface area contributed by atoms with Crippen LogP contribution in [0.15, 0.2) is 41.3 Å². The van der Waals surface area contributed by atoms with E-state index in [2.05, 4.69) is 0 Å². The Bertz CT molecular complexity index is 987. The van der Waals surface area contributed by atoms with Crippen molar-refractivity contribution in [1.82, 2.24) is 9.21 Å². The first kappa shape index (κ1) is 19.9. The van der Waals surface area contributed by atoms with Crippen molar-refractivity contribution in [3.63, 3.8) is 0 Å². The second-order valence-corrected chi connectivity index (χ2v) is 9.02. The number of aromatic hydroxyl groups is 1. The van der Waals surface area contributed by atoms with E-state index in [9.17, 15) is 18.3 Å². The second kappa shape index (κ2) is 7.67. The van der Waals surface area contributed by atoms with Gasteiger partial charge in [-0.2, -0.15) is 4.31 Å². The topological polar surface area (TPSA) is 77.9 Å². The largest absolute Gasteiger partial charge is 0.507 e. The molecule has 144 valence electrons. The third-order valence-corrected chi connectivity index (χ3v) is 7.09. The van der Waals surface area contributed by atoms with Crippen LogP contribution in [0.3, 0.4) is 0 Å². The molecule has 1 saturated heterocycles. The number of nitrogens with zero attached hydrogens (tertiary/aromatic N) is 2. The molecule has 1 amide bonds. The van der Waals surface area contributed by atoms with Crippen molar-refractivity contribution in [2.45, 2.75) is 11.8 Å². The number of phenolic OH excluding ortho intramolecular Hbond substituents is 1. The van der Waals surface area contributed by atoms with Gasteiger partial charge in [-0.15, -0.1) is 0 Å². The van der Waals surface area contributed by atoms with Crippen LogP contribution in [0.1, 0.15) is 15.9 Å². The predicted octanol–water partition coefficient (Wildman–Crippen LogP) is 3.15. The summed E-state index contributed by atoms with van der Waals surface area (Å²) < 4.78 is 26.9. The summed E-state index contributed by atoms with van der Waals surface area (Å²) >= 11 is 11.8. The summed E-state index contributed by atoms with van der Waals surface area (Å²) in [7, 11) is -3.83. The van der Waals surface area contributed by atoms with E-state index in [1.807, 2.05) is 0 Å². The van der Waals surface area contributed by atoms with Gasteiger partial charge in [0.15, 0.2) is 0 Å². The molecule has 0 radical (unpaired) electrons. The van der Waals surface area contributed by atoms with E-state index in [1.165, 1.54) is 22.5 Å². The number of aryl methyl sites for hydroxylation is 1. The molecular formula is C18H18Cl2N2O4S. The smallest absolute Gasteiger partial charge is 0.253 e. The molecular weight excluding hydrogens is 411 g/mol. The molecule has 0 aliphatic carbocycles. The van der Waals surface area contributed by atoms with Crippen molar-refractivity contribution in [3.05, 3.63) is 57.6 Å². The summed E-state index contributed by atoms with van der Waals surface area (Å²) in [5.74, 6) is -0.515. The Balaban J connectivity index is 1.73. The Hall–Kier alpha value is -1.80. The first-order valence-electron chi connectivity index (χ1n) is 8.24. The molecule has 2 aromatic carbocycles. The van der Waals surface area contributed by atoms with Crippen LogP contribution < -0.4 is 0 Å². The van der Waals surface area contributed by atoms with Crippen molar-refractivity contribution in [2.75, 3.05) is 26.2 Å². The van der Waals surface area contributed by atoms with Crippen LogP contribution >= 0.6 is 23.2 Å². The molecule has 27 heavy (non-hydrogen) atoms. The zero-order valence-corrected chi connectivity index (χ0v) is 16.9. The van der Waals surface area contributed by atoms with Gasteiger partial charge in [0.2, 0.25) is 10.0 Å². The van der Waals surface area contributed by atoms with E-state index in [1.54, 1.807) is 30.0 Å². The monoisotopic (exact) mass is 428 g/mol. The highest BCUT2D eigenvalue weighted by molar-refractivity contribution is 7.89. The molecule has 1 aliphatic rings. The standard InChI is InChI=1S/C18H18Cl2N2O4S/c1-12-2-5-16(23)17(10-12)27(25,26)22-8-6-21(7-9-22)18(24)13-3-4-14(19)15(20)11-13/h2-5,10-11,23H,6-9H2,1H3. The van der Waals surface area contributed by atoms with Crippen LogP contribution in [0.25, 0.3) is 0 Å². The van der Waals surface area contributed by atoms with Crippen LogP contribution in [-0.2, 0) is 10.0 Å². The fraction of sp³-hybridized carbons (Fsp3) is 0.278. The third-order valence-electron chi connectivity index (χ3n) is 4.43. The molecule has 3 rings (SSSR count). The van der Waals surface area contributed by atoms with Crippen LogP contribution in [-0.4, -0.2) is 54.8 Å². The zero-order chi connectivity index (χ0) is 19.8. The molecule has 1 N–H and O–H groups in total. The van der Waals surface area contributed by atoms with Crippen molar-refractivity contribution >= 4 is 39.1 Å². The molecule has 2 aromatic rings. The number of hydrogen-bond acceptors (Lipinski definition) is 4.